The van der Waals surface area contributed by atoms with Crippen LogP contribution in [0, 0.1) is 0 Å². The van der Waals surface area contributed by atoms with Crippen molar-refractivity contribution in [3.05, 3.63) is 84.2 Å². The van der Waals surface area contributed by atoms with Crippen LogP contribution in [0.15, 0.2) is 61.9 Å². The standard InChI is InChI=1S/C20H15Br3O3/c21-15-1-3-18(24)11(7-15)5-13-9-17(23)10-14(20(13)26)6-12-8-16(22)2-4-19(12)25/h1-4,7-10,24-26H,5-6H2. The van der Waals surface area contributed by atoms with E-state index in [1.54, 1.807) is 24.3 Å². The summed E-state index contributed by atoms with van der Waals surface area (Å²) in [4.78, 5) is 0. The molecule has 0 saturated carbocycles. The van der Waals surface area contributed by atoms with Crippen molar-refractivity contribution in [3.8, 4) is 17.2 Å². The van der Waals surface area contributed by atoms with Crippen molar-refractivity contribution in [1.82, 2.24) is 0 Å². The van der Waals surface area contributed by atoms with Crippen LogP contribution in [0.4, 0.5) is 0 Å². The fraction of sp³-hybridized carbons (Fsp3) is 0.100. The molecule has 0 heterocycles. The lowest BCUT2D eigenvalue weighted by molar-refractivity contribution is 0.456. The van der Waals surface area contributed by atoms with Gasteiger partial charge in [0.05, 0.1) is 0 Å². The van der Waals surface area contributed by atoms with Gasteiger partial charge in [-0.25, -0.2) is 0 Å². The van der Waals surface area contributed by atoms with Crippen molar-refractivity contribution in [3.63, 3.8) is 0 Å². The van der Waals surface area contributed by atoms with E-state index in [2.05, 4.69) is 47.8 Å². The number of hydrogen-bond donors (Lipinski definition) is 3. The molecule has 0 atom stereocenters. The first-order valence-corrected chi connectivity index (χ1v) is 10.2. The summed E-state index contributed by atoms with van der Waals surface area (Å²) in [7, 11) is 0. The quantitative estimate of drug-likeness (QED) is 0.364. The lowest BCUT2D eigenvalue weighted by Crippen LogP contribution is -1.96. The van der Waals surface area contributed by atoms with Gasteiger partial charge in [-0.2, -0.15) is 0 Å². The minimum atomic E-state index is 0.159. The molecular weight excluding hydrogens is 528 g/mol. The van der Waals surface area contributed by atoms with Gasteiger partial charge in [0.1, 0.15) is 17.2 Å². The molecule has 3 N–H and O–H groups in total. The zero-order chi connectivity index (χ0) is 18.8. The molecule has 0 fully saturated rings. The molecule has 3 aromatic rings. The van der Waals surface area contributed by atoms with Crippen LogP contribution in [0.3, 0.4) is 0 Å². The third-order valence-electron chi connectivity index (χ3n) is 4.08. The van der Waals surface area contributed by atoms with Crippen molar-refractivity contribution in [1.29, 1.82) is 0 Å². The summed E-state index contributed by atoms with van der Waals surface area (Å²) in [6.07, 6.45) is 0.766. The average molecular weight is 543 g/mol. The maximum absolute atomic E-state index is 10.7. The van der Waals surface area contributed by atoms with Gasteiger partial charge in [0.2, 0.25) is 0 Å². The minimum Gasteiger partial charge on any atom is -0.508 e. The highest BCUT2D eigenvalue weighted by atomic mass is 79.9. The second-order valence-corrected chi connectivity index (χ2v) is 8.72. The second kappa shape index (κ2) is 8.03. The zero-order valence-corrected chi connectivity index (χ0v) is 18.3. The molecule has 3 nitrogen and oxygen atoms in total. The first kappa shape index (κ1) is 19.3. The van der Waals surface area contributed by atoms with E-state index in [4.69, 9.17) is 0 Å². The molecular formula is C20H15Br3O3. The van der Waals surface area contributed by atoms with Gasteiger partial charge in [0.15, 0.2) is 0 Å². The third kappa shape index (κ3) is 4.42. The fourth-order valence-corrected chi connectivity index (χ4v) is 4.16. The average Bonchev–Trinajstić information content (AvgIpc) is 2.58. The molecule has 134 valence electrons. The van der Waals surface area contributed by atoms with Crippen LogP contribution in [0.2, 0.25) is 0 Å². The summed E-state index contributed by atoms with van der Waals surface area (Å²) >= 11 is 10.3. The zero-order valence-electron chi connectivity index (χ0n) is 13.5. The van der Waals surface area contributed by atoms with E-state index >= 15 is 0 Å². The molecule has 6 heteroatoms. The van der Waals surface area contributed by atoms with E-state index < -0.39 is 0 Å². The van der Waals surface area contributed by atoms with Crippen molar-refractivity contribution in [2.24, 2.45) is 0 Å². The Morgan fingerprint density at radius 1 is 0.538 bits per heavy atom. The fourth-order valence-electron chi connectivity index (χ4n) is 2.79. The summed E-state index contributed by atoms with van der Waals surface area (Å²) in [6.45, 7) is 0. The monoisotopic (exact) mass is 540 g/mol. The topological polar surface area (TPSA) is 60.7 Å². The first-order chi connectivity index (χ1) is 12.3. The molecule has 26 heavy (non-hydrogen) atoms. The van der Waals surface area contributed by atoms with Gasteiger partial charge in [-0.1, -0.05) is 47.8 Å². The van der Waals surface area contributed by atoms with Crippen molar-refractivity contribution >= 4 is 47.8 Å². The Labute approximate surface area is 176 Å². The van der Waals surface area contributed by atoms with Crippen LogP contribution < -0.4 is 0 Å². The highest BCUT2D eigenvalue weighted by molar-refractivity contribution is 9.11. The van der Waals surface area contributed by atoms with Gasteiger partial charge in [-0.3, -0.25) is 0 Å². The predicted octanol–water partition coefficient (Wildman–Crippen LogP) is 6.27. The first-order valence-electron chi connectivity index (χ1n) is 7.78. The largest absolute Gasteiger partial charge is 0.508 e. The summed E-state index contributed by atoms with van der Waals surface area (Å²) in [5.41, 5.74) is 2.81. The third-order valence-corrected chi connectivity index (χ3v) is 5.52. The molecule has 0 radical (unpaired) electrons. The molecule has 3 rings (SSSR count). The van der Waals surface area contributed by atoms with Crippen LogP contribution in [0.1, 0.15) is 22.3 Å². The Hall–Kier alpha value is -1.50. The number of hydrogen-bond acceptors (Lipinski definition) is 3. The Kier molecular flexibility index (Phi) is 5.95. The number of phenolic OH excluding ortho intramolecular Hbond substituents is 3. The van der Waals surface area contributed by atoms with Gasteiger partial charge in [0.25, 0.3) is 0 Å². The lowest BCUT2D eigenvalue weighted by Gasteiger charge is -2.13. The predicted molar refractivity (Wildman–Crippen MR) is 113 cm³/mol. The normalized spacial score (nSPS) is 10.9. The van der Waals surface area contributed by atoms with E-state index in [1.165, 1.54) is 0 Å². The van der Waals surface area contributed by atoms with E-state index in [0.717, 1.165) is 13.4 Å². The number of aromatic hydroxyl groups is 3. The van der Waals surface area contributed by atoms with E-state index in [9.17, 15) is 15.3 Å². The van der Waals surface area contributed by atoms with Gasteiger partial charge in [0, 0.05) is 26.3 Å². The SMILES string of the molecule is Oc1ccc(Br)cc1Cc1cc(Br)cc(Cc2cc(Br)ccc2O)c1O. The van der Waals surface area contributed by atoms with Crippen LogP contribution in [0.5, 0.6) is 17.2 Å². The smallest absolute Gasteiger partial charge is 0.122 e. The molecule has 0 aliphatic carbocycles. The van der Waals surface area contributed by atoms with Gasteiger partial charge in [-0.05, 0) is 70.8 Å². The second-order valence-electron chi connectivity index (χ2n) is 5.97. The van der Waals surface area contributed by atoms with Crippen LogP contribution in [0.25, 0.3) is 0 Å². The van der Waals surface area contributed by atoms with Crippen molar-refractivity contribution in [2.75, 3.05) is 0 Å². The highest BCUT2D eigenvalue weighted by Crippen LogP contribution is 2.35. The molecule has 0 bridgehead atoms. The van der Waals surface area contributed by atoms with E-state index in [1.807, 2.05) is 24.3 Å². The molecule has 3 aromatic carbocycles. The maximum atomic E-state index is 10.7. The Morgan fingerprint density at radius 2 is 0.923 bits per heavy atom. The Morgan fingerprint density at radius 3 is 1.35 bits per heavy atom. The van der Waals surface area contributed by atoms with E-state index in [0.29, 0.717) is 35.1 Å². The van der Waals surface area contributed by atoms with E-state index in [-0.39, 0.29) is 17.2 Å². The molecule has 0 aliphatic heterocycles. The van der Waals surface area contributed by atoms with Crippen LogP contribution in [-0.4, -0.2) is 15.3 Å². The van der Waals surface area contributed by atoms with Crippen LogP contribution in [-0.2, 0) is 12.8 Å². The number of rotatable bonds is 4. The van der Waals surface area contributed by atoms with Crippen molar-refractivity contribution in [2.45, 2.75) is 12.8 Å². The Balaban J connectivity index is 1.98. The Bertz CT molecular complexity index is 896. The molecule has 0 aliphatic rings. The van der Waals surface area contributed by atoms with Gasteiger partial charge >= 0.3 is 0 Å². The summed E-state index contributed by atoms with van der Waals surface area (Å²) in [5, 5.41) is 30.9. The molecule has 0 unspecified atom stereocenters. The lowest BCUT2D eigenvalue weighted by atomic mass is 9.97. The molecule has 0 spiro atoms. The van der Waals surface area contributed by atoms with Crippen LogP contribution >= 0.6 is 47.8 Å². The van der Waals surface area contributed by atoms with Gasteiger partial charge < -0.3 is 15.3 Å². The summed E-state index contributed by atoms with van der Waals surface area (Å²) < 4.78 is 2.54. The number of phenols is 3. The number of halogens is 3. The highest BCUT2D eigenvalue weighted by Gasteiger charge is 2.14. The molecule has 0 aromatic heterocycles. The summed E-state index contributed by atoms with van der Waals surface area (Å²) in [5.74, 6) is 0.518. The summed E-state index contributed by atoms with van der Waals surface area (Å²) in [6, 6.07) is 14.1. The van der Waals surface area contributed by atoms with Gasteiger partial charge in [-0.15, -0.1) is 0 Å². The molecule has 0 amide bonds. The van der Waals surface area contributed by atoms with Crippen molar-refractivity contribution < 1.29 is 15.3 Å². The number of benzene rings is 3. The molecule has 0 saturated heterocycles. The maximum Gasteiger partial charge on any atom is 0.122 e. The minimum absolute atomic E-state index is 0.159.